The summed E-state index contributed by atoms with van der Waals surface area (Å²) in [7, 11) is 0. The van der Waals surface area contributed by atoms with E-state index in [-0.39, 0.29) is 11.7 Å². The molecule has 1 heterocycles. The number of hydrogen-bond acceptors (Lipinski definition) is 3. The topological polar surface area (TPSA) is 56.7 Å². The van der Waals surface area contributed by atoms with Crippen molar-refractivity contribution in [2.75, 3.05) is 5.73 Å². The van der Waals surface area contributed by atoms with Crippen LogP contribution in [0.25, 0.3) is 0 Å². The van der Waals surface area contributed by atoms with Crippen molar-refractivity contribution in [1.82, 2.24) is 15.0 Å². The molecule has 96 valence electrons. The first-order valence-corrected chi connectivity index (χ1v) is 6.41. The SMILES string of the molecule is CC(C)c1c(N)nnn1Cc1ccc(Br)cc1F. The van der Waals surface area contributed by atoms with Crippen molar-refractivity contribution in [1.29, 1.82) is 0 Å². The summed E-state index contributed by atoms with van der Waals surface area (Å²) >= 11 is 3.23. The van der Waals surface area contributed by atoms with Crippen molar-refractivity contribution >= 4 is 21.7 Å². The van der Waals surface area contributed by atoms with E-state index in [1.165, 1.54) is 6.07 Å². The number of halogens is 2. The van der Waals surface area contributed by atoms with E-state index in [4.69, 9.17) is 5.73 Å². The van der Waals surface area contributed by atoms with Gasteiger partial charge in [0.25, 0.3) is 0 Å². The van der Waals surface area contributed by atoms with Gasteiger partial charge in [-0.3, -0.25) is 0 Å². The van der Waals surface area contributed by atoms with Crippen molar-refractivity contribution in [3.63, 3.8) is 0 Å². The molecule has 0 unspecified atom stereocenters. The van der Waals surface area contributed by atoms with E-state index < -0.39 is 0 Å². The van der Waals surface area contributed by atoms with E-state index in [9.17, 15) is 4.39 Å². The standard InChI is InChI=1S/C12H14BrFN4/c1-7(2)11-12(15)16-17-18(11)6-8-3-4-9(13)5-10(8)14/h3-5,7H,6,15H2,1-2H3. The highest BCUT2D eigenvalue weighted by Gasteiger charge is 2.15. The Bertz CT molecular complexity index is 565. The summed E-state index contributed by atoms with van der Waals surface area (Å²) in [4.78, 5) is 0. The van der Waals surface area contributed by atoms with Crippen LogP contribution in [0.1, 0.15) is 31.0 Å². The quantitative estimate of drug-likeness (QED) is 0.948. The second-order valence-electron chi connectivity index (χ2n) is 4.41. The number of aromatic nitrogens is 3. The molecule has 0 aliphatic heterocycles. The van der Waals surface area contributed by atoms with Crippen LogP contribution in [0.3, 0.4) is 0 Å². The van der Waals surface area contributed by atoms with Gasteiger partial charge in [-0.25, -0.2) is 9.07 Å². The fourth-order valence-electron chi connectivity index (χ4n) is 1.86. The Morgan fingerprint density at radius 2 is 2.17 bits per heavy atom. The highest BCUT2D eigenvalue weighted by Crippen LogP contribution is 2.21. The molecule has 0 amide bonds. The number of nitrogens with zero attached hydrogens (tertiary/aromatic N) is 3. The summed E-state index contributed by atoms with van der Waals surface area (Å²) < 4.78 is 16.1. The lowest BCUT2D eigenvalue weighted by atomic mass is 10.1. The third kappa shape index (κ3) is 2.53. The second kappa shape index (κ2) is 5.06. The van der Waals surface area contributed by atoms with E-state index in [0.29, 0.717) is 22.4 Å². The van der Waals surface area contributed by atoms with Gasteiger partial charge in [-0.05, 0) is 18.1 Å². The van der Waals surface area contributed by atoms with Crippen molar-refractivity contribution in [2.45, 2.75) is 26.3 Å². The molecule has 0 saturated heterocycles. The Kier molecular flexibility index (Phi) is 3.65. The lowest BCUT2D eigenvalue weighted by molar-refractivity contribution is 0.556. The fraction of sp³-hybridized carbons (Fsp3) is 0.333. The molecular weight excluding hydrogens is 299 g/mol. The van der Waals surface area contributed by atoms with Gasteiger partial charge in [0.1, 0.15) is 5.82 Å². The molecule has 4 nitrogen and oxygen atoms in total. The molecule has 0 saturated carbocycles. The minimum atomic E-state index is -0.270. The van der Waals surface area contributed by atoms with E-state index in [2.05, 4.69) is 26.2 Å². The van der Waals surface area contributed by atoms with Crippen LogP contribution in [0.4, 0.5) is 10.2 Å². The third-order valence-electron chi connectivity index (χ3n) is 2.68. The lowest BCUT2D eigenvalue weighted by Crippen LogP contribution is -2.10. The number of nitrogen functional groups attached to an aromatic ring is 1. The third-order valence-corrected chi connectivity index (χ3v) is 3.18. The molecule has 0 spiro atoms. The van der Waals surface area contributed by atoms with E-state index >= 15 is 0 Å². The van der Waals surface area contributed by atoms with Gasteiger partial charge in [0.15, 0.2) is 5.82 Å². The molecule has 2 N–H and O–H groups in total. The van der Waals surface area contributed by atoms with Crippen LogP contribution in [-0.4, -0.2) is 15.0 Å². The first-order valence-electron chi connectivity index (χ1n) is 5.62. The number of benzene rings is 1. The minimum absolute atomic E-state index is 0.193. The van der Waals surface area contributed by atoms with Crippen LogP contribution in [-0.2, 0) is 6.54 Å². The van der Waals surface area contributed by atoms with Gasteiger partial charge >= 0.3 is 0 Å². The predicted octanol–water partition coefficient (Wildman–Crippen LogP) is 2.93. The molecule has 6 heteroatoms. The lowest BCUT2D eigenvalue weighted by Gasteiger charge is -2.10. The largest absolute Gasteiger partial charge is 0.381 e. The van der Waals surface area contributed by atoms with Gasteiger partial charge in [-0.1, -0.05) is 41.1 Å². The minimum Gasteiger partial charge on any atom is -0.381 e. The molecule has 1 aromatic heterocycles. The maximum absolute atomic E-state index is 13.8. The Morgan fingerprint density at radius 1 is 1.44 bits per heavy atom. The monoisotopic (exact) mass is 312 g/mol. The molecule has 0 atom stereocenters. The van der Waals surface area contributed by atoms with Crippen molar-refractivity contribution < 1.29 is 4.39 Å². The normalized spacial score (nSPS) is 11.2. The van der Waals surface area contributed by atoms with E-state index in [0.717, 1.165) is 5.69 Å². The Morgan fingerprint density at radius 3 is 2.78 bits per heavy atom. The first kappa shape index (κ1) is 13.0. The van der Waals surface area contributed by atoms with Crippen molar-refractivity contribution in [3.8, 4) is 0 Å². The zero-order valence-corrected chi connectivity index (χ0v) is 11.8. The van der Waals surface area contributed by atoms with Gasteiger partial charge in [-0.2, -0.15) is 0 Å². The first-order chi connectivity index (χ1) is 8.49. The van der Waals surface area contributed by atoms with Crippen LogP contribution in [0.5, 0.6) is 0 Å². The molecule has 0 fully saturated rings. The summed E-state index contributed by atoms with van der Waals surface area (Å²) in [5.41, 5.74) is 7.15. The predicted molar refractivity (Wildman–Crippen MR) is 71.7 cm³/mol. The van der Waals surface area contributed by atoms with Gasteiger partial charge in [0, 0.05) is 10.0 Å². The summed E-state index contributed by atoms with van der Waals surface area (Å²) in [5.74, 6) is 0.328. The number of nitrogens with two attached hydrogens (primary N) is 1. The van der Waals surface area contributed by atoms with Gasteiger partial charge in [0.2, 0.25) is 0 Å². The zero-order valence-electron chi connectivity index (χ0n) is 10.2. The summed E-state index contributed by atoms with van der Waals surface area (Å²) in [5, 5.41) is 7.80. The Balaban J connectivity index is 2.34. The van der Waals surface area contributed by atoms with Gasteiger partial charge in [-0.15, -0.1) is 5.10 Å². The molecule has 2 rings (SSSR count). The molecule has 0 bridgehead atoms. The van der Waals surface area contributed by atoms with Gasteiger partial charge in [0.05, 0.1) is 12.2 Å². The fourth-order valence-corrected chi connectivity index (χ4v) is 2.19. The van der Waals surface area contributed by atoms with Crippen molar-refractivity contribution in [3.05, 3.63) is 39.7 Å². The highest BCUT2D eigenvalue weighted by atomic mass is 79.9. The van der Waals surface area contributed by atoms with E-state index in [1.807, 2.05) is 13.8 Å². The van der Waals surface area contributed by atoms with Crippen LogP contribution >= 0.6 is 15.9 Å². The molecule has 18 heavy (non-hydrogen) atoms. The second-order valence-corrected chi connectivity index (χ2v) is 5.32. The average molecular weight is 313 g/mol. The molecule has 0 aliphatic rings. The maximum atomic E-state index is 13.8. The summed E-state index contributed by atoms with van der Waals surface area (Å²) in [6.45, 7) is 4.34. The summed E-state index contributed by atoms with van der Waals surface area (Å²) in [6, 6.07) is 4.96. The molecule has 0 aliphatic carbocycles. The number of rotatable bonds is 3. The number of hydrogen-bond donors (Lipinski definition) is 1. The maximum Gasteiger partial charge on any atom is 0.169 e. The molecule has 0 radical (unpaired) electrons. The average Bonchev–Trinajstić information content (AvgIpc) is 2.64. The van der Waals surface area contributed by atoms with Crippen LogP contribution < -0.4 is 5.73 Å². The smallest absolute Gasteiger partial charge is 0.169 e. The van der Waals surface area contributed by atoms with Crippen LogP contribution in [0.2, 0.25) is 0 Å². The molecule has 2 aromatic rings. The van der Waals surface area contributed by atoms with Crippen LogP contribution in [0, 0.1) is 5.82 Å². The molecular formula is C12H14BrFN4. The van der Waals surface area contributed by atoms with E-state index in [1.54, 1.807) is 16.8 Å². The van der Waals surface area contributed by atoms with Gasteiger partial charge < -0.3 is 5.73 Å². The van der Waals surface area contributed by atoms with Crippen molar-refractivity contribution in [2.24, 2.45) is 0 Å². The Hall–Kier alpha value is -1.43. The molecule has 1 aromatic carbocycles. The number of anilines is 1. The summed E-state index contributed by atoms with van der Waals surface area (Å²) in [6.07, 6.45) is 0. The Labute approximate surface area is 113 Å². The zero-order chi connectivity index (χ0) is 13.3. The highest BCUT2D eigenvalue weighted by molar-refractivity contribution is 9.10. The van der Waals surface area contributed by atoms with Crippen LogP contribution in [0.15, 0.2) is 22.7 Å².